The molecule has 6 nitrogen and oxygen atoms in total. The van der Waals surface area contributed by atoms with Crippen LogP contribution in [0.1, 0.15) is 12.0 Å². The van der Waals surface area contributed by atoms with Gasteiger partial charge in [0.15, 0.2) is 0 Å². The quantitative estimate of drug-likeness (QED) is 0.575. The number of hydrogen-bond acceptors (Lipinski definition) is 5. The smallest absolute Gasteiger partial charge is 0.255 e. The van der Waals surface area contributed by atoms with E-state index < -0.39 is 0 Å². The average molecular weight is 263 g/mol. The van der Waals surface area contributed by atoms with Gasteiger partial charge >= 0.3 is 0 Å². The summed E-state index contributed by atoms with van der Waals surface area (Å²) < 4.78 is 4.85. The topological polar surface area (TPSA) is 71.5 Å². The van der Waals surface area contributed by atoms with Crippen LogP contribution in [-0.4, -0.2) is 48.0 Å². The van der Waals surface area contributed by atoms with Gasteiger partial charge in [-0.3, -0.25) is 19.5 Å². The number of amides is 2. The Hall–Kier alpha value is -1.79. The summed E-state index contributed by atoms with van der Waals surface area (Å²) in [6.45, 7) is 1.94. The van der Waals surface area contributed by atoms with E-state index in [1.54, 1.807) is 6.20 Å². The SMILES string of the molecule is O=C1COCC(=O)N1CCCNCc1cccnc1. The molecule has 2 heterocycles. The molecule has 1 aromatic rings. The highest BCUT2D eigenvalue weighted by atomic mass is 16.5. The predicted octanol–water partition coefficient (Wildman–Crippen LogP) is -0.0533. The van der Waals surface area contributed by atoms with Gasteiger partial charge in [0.05, 0.1) is 0 Å². The van der Waals surface area contributed by atoms with E-state index >= 15 is 0 Å². The molecule has 0 saturated carbocycles. The number of rotatable bonds is 6. The van der Waals surface area contributed by atoms with Crippen LogP contribution in [0, 0.1) is 0 Å². The molecule has 19 heavy (non-hydrogen) atoms. The van der Waals surface area contributed by atoms with Crippen LogP contribution in [0.5, 0.6) is 0 Å². The van der Waals surface area contributed by atoms with Crippen molar-refractivity contribution in [2.24, 2.45) is 0 Å². The molecule has 0 atom stereocenters. The van der Waals surface area contributed by atoms with Gasteiger partial charge in [0.25, 0.3) is 11.8 Å². The molecule has 1 aliphatic rings. The second-order valence-corrected chi connectivity index (χ2v) is 4.32. The van der Waals surface area contributed by atoms with E-state index in [0.717, 1.165) is 25.1 Å². The summed E-state index contributed by atoms with van der Waals surface area (Å²) in [7, 11) is 0. The molecule has 0 bridgehead atoms. The highest BCUT2D eigenvalue weighted by Gasteiger charge is 2.25. The van der Waals surface area contributed by atoms with Gasteiger partial charge in [0.1, 0.15) is 13.2 Å². The van der Waals surface area contributed by atoms with Gasteiger partial charge in [-0.05, 0) is 24.6 Å². The lowest BCUT2D eigenvalue weighted by molar-refractivity contribution is -0.158. The van der Waals surface area contributed by atoms with E-state index in [1.807, 2.05) is 18.3 Å². The van der Waals surface area contributed by atoms with Crippen LogP contribution in [0.2, 0.25) is 0 Å². The first kappa shape index (κ1) is 13.6. The van der Waals surface area contributed by atoms with Crippen LogP contribution in [0.15, 0.2) is 24.5 Å². The number of hydrogen-bond donors (Lipinski definition) is 1. The van der Waals surface area contributed by atoms with Crippen molar-refractivity contribution in [3.63, 3.8) is 0 Å². The third kappa shape index (κ3) is 4.11. The highest BCUT2D eigenvalue weighted by molar-refractivity contribution is 5.98. The molecule has 0 spiro atoms. The van der Waals surface area contributed by atoms with Crippen molar-refractivity contribution in [3.05, 3.63) is 30.1 Å². The van der Waals surface area contributed by atoms with Crippen LogP contribution < -0.4 is 5.32 Å². The van der Waals surface area contributed by atoms with E-state index in [0.29, 0.717) is 6.54 Å². The van der Waals surface area contributed by atoms with Crippen LogP contribution in [0.4, 0.5) is 0 Å². The van der Waals surface area contributed by atoms with Crippen LogP contribution in [0.3, 0.4) is 0 Å². The van der Waals surface area contributed by atoms with Gasteiger partial charge in [0, 0.05) is 25.5 Å². The number of carbonyl (C=O) groups is 2. The number of ether oxygens (including phenoxy) is 1. The summed E-state index contributed by atoms with van der Waals surface area (Å²) in [5.74, 6) is -0.494. The lowest BCUT2D eigenvalue weighted by Gasteiger charge is -2.24. The van der Waals surface area contributed by atoms with Crippen molar-refractivity contribution in [2.45, 2.75) is 13.0 Å². The number of imide groups is 1. The Morgan fingerprint density at radius 3 is 2.79 bits per heavy atom. The molecule has 2 rings (SSSR count). The lowest BCUT2D eigenvalue weighted by Crippen LogP contribution is -2.46. The molecule has 0 aliphatic carbocycles. The molecule has 1 N–H and O–H groups in total. The Balaban J connectivity index is 1.64. The normalized spacial score (nSPS) is 15.9. The summed E-state index contributed by atoms with van der Waals surface area (Å²) in [4.78, 5) is 28.2. The molecule has 1 fully saturated rings. The van der Waals surface area contributed by atoms with Crippen LogP contribution in [-0.2, 0) is 20.9 Å². The Kier molecular flexibility index (Phi) is 5.00. The standard InChI is InChI=1S/C13H17N3O3/c17-12-9-19-10-13(18)16(12)6-2-5-15-8-11-3-1-4-14-7-11/h1,3-4,7,15H,2,5-6,8-10H2. The minimum absolute atomic E-state index is 0.00878. The van der Waals surface area contributed by atoms with Gasteiger partial charge in [-0.1, -0.05) is 6.07 Å². The van der Waals surface area contributed by atoms with Gasteiger partial charge < -0.3 is 10.1 Å². The third-order valence-electron chi connectivity index (χ3n) is 2.84. The fraction of sp³-hybridized carbons (Fsp3) is 0.462. The summed E-state index contributed by atoms with van der Waals surface area (Å²) in [6, 6.07) is 3.89. The summed E-state index contributed by atoms with van der Waals surface area (Å²) in [5, 5.41) is 3.25. The van der Waals surface area contributed by atoms with Gasteiger partial charge in [0.2, 0.25) is 0 Å². The van der Waals surface area contributed by atoms with Crippen molar-refractivity contribution in [1.29, 1.82) is 0 Å². The minimum atomic E-state index is -0.247. The zero-order chi connectivity index (χ0) is 13.5. The summed E-state index contributed by atoms with van der Waals surface area (Å²) >= 11 is 0. The maximum Gasteiger partial charge on any atom is 0.255 e. The van der Waals surface area contributed by atoms with Crippen molar-refractivity contribution in [1.82, 2.24) is 15.2 Å². The first-order valence-corrected chi connectivity index (χ1v) is 6.28. The fourth-order valence-electron chi connectivity index (χ4n) is 1.87. The van der Waals surface area contributed by atoms with Crippen LogP contribution >= 0.6 is 0 Å². The lowest BCUT2D eigenvalue weighted by atomic mass is 10.3. The zero-order valence-corrected chi connectivity index (χ0v) is 10.7. The molecule has 1 aliphatic heterocycles. The molecular weight excluding hydrogens is 246 g/mol. The molecule has 0 unspecified atom stereocenters. The van der Waals surface area contributed by atoms with E-state index in [9.17, 15) is 9.59 Å². The van der Waals surface area contributed by atoms with E-state index in [-0.39, 0.29) is 25.0 Å². The first-order chi connectivity index (χ1) is 9.27. The highest BCUT2D eigenvalue weighted by Crippen LogP contribution is 2.01. The maximum atomic E-state index is 11.4. The molecule has 102 valence electrons. The number of morpholine rings is 1. The Bertz CT molecular complexity index is 420. The number of aromatic nitrogens is 1. The third-order valence-corrected chi connectivity index (χ3v) is 2.84. The summed E-state index contributed by atoms with van der Waals surface area (Å²) in [6.07, 6.45) is 4.28. The molecule has 1 saturated heterocycles. The summed E-state index contributed by atoms with van der Waals surface area (Å²) in [5.41, 5.74) is 1.11. The first-order valence-electron chi connectivity index (χ1n) is 6.28. The largest absolute Gasteiger partial charge is 0.362 e. The molecule has 6 heteroatoms. The van der Waals surface area contributed by atoms with E-state index in [1.165, 1.54) is 4.90 Å². The number of nitrogens with one attached hydrogen (secondary N) is 1. The van der Waals surface area contributed by atoms with Gasteiger partial charge in [-0.2, -0.15) is 0 Å². The van der Waals surface area contributed by atoms with Gasteiger partial charge in [-0.15, -0.1) is 0 Å². The van der Waals surface area contributed by atoms with E-state index in [4.69, 9.17) is 4.74 Å². The maximum absolute atomic E-state index is 11.4. The number of carbonyl (C=O) groups excluding carboxylic acids is 2. The zero-order valence-electron chi connectivity index (χ0n) is 10.7. The molecular formula is C13H17N3O3. The van der Waals surface area contributed by atoms with Crippen LogP contribution in [0.25, 0.3) is 0 Å². The van der Waals surface area contributed by atoms with Crippen molar-refractivity contribution >= 4 is 11.8 Å². The van der Waals surface area contributed by atoms with Crippen molar-refractivity contribution in [2.75, 3.05) is 26.3 Å². The van der Waals surface area contributed by atoms with E-state index in [2.05, 4.69) is 10.3 Å². The fourth-order valence-corrected chi connectivity index (χ4v) is 1.87. The number of nitrogens with zero attached hydrogens (tertiary/aromatic N) is 2. The second kappa shape index (κ2) is 6.96. The predicted molar refractivity (Wildman–Crippen MR) is 68.1 cm³/mol. The average Bonchev–Trinajstić information content (AvgIpc) is 2.42. The van der Waals surface area contributed by atoms with Crippen molar-refractivity contribution < 1.29 is 14.3 Å². The molecule has 1 aromatic heterocycles. The Labute approximate surface area is 111 Å². The van der Waals surface area contributed by atoms with Crippen molar-refractivity contribution in [3.8, 4) is 0 Å². The molecule has 0 aromatic carbocycles. The minimum Gasteiger partial charge on any atom is -0.362 e. The molecule has 0 radical (unpaired) electrons. The Morgan fingerprint density at radius 2 is 2.11 bits per heavy atom. The van der Waals surface area contributed by atoms with Gasteiger partial charge in [-0.25, -0.2) is 0 Å². The number of pyridine rings is 1. The Morgan fingerprint density at radius 1 is 1.32 bits per heavy atom. The second-order valence-electron chi connectivity index (χ2n) is 4.32. The molecule has 2 amide bonds. The monoisotopic (exact) mass is 263 g/mol.